The molecule has 0 amide bonds. The fraction of sp³-hybridized carbons (Fsp3) is 0.143. The van der Waals surface area contributed by atoms with Gasteiger partial charge in [-0.15, -0.1) is 0 Å². The van der Waals surface area contributed by atoms with E-state index in [2.05, 4.69) is 4.72 Å². The highest BCUT2D eigenvalue weighted by atomic mass is 35.5. The van der Waals surface area contributed by atoms with Crippen molar-refractivity contribution in [3.8, 4) is 0 Å². The van der Waals surface area contributed by atoms with E-state index < -0.39 is 10.0 Å². The van der Waals surface area contributed by atoms with Gasteiger partial charge in [0.05, 0.1) is 4.90 Å². The smallest absolute Gasteiger partial charge is 0.261 e. The number of benzene rings is 3. The van der Waals surface area contributed by atoms with E-state index in [1.165, 1.54) is 0 Å². The Kier molecular flexibility index (Phi) is 4.79. The number of sulfonamides is 1. The summed E-state index contributed by atoms with van der Waals surface area (Å²) in [5, 5.41) is 3.19. The minimum absolute atomic E-state index is 0.192. The number of aromatic nitrogens is 1. The van der Waals surface area contributed by atoms with Gasteiger partial charge in [-0.3, -0.25) is 4.72 Å². The summed E-state index contributed by atoms with van der Waals surface area (Å²) in [7, 11) is -1.76. The standard InChI is InChI=1S/C21H20ClN3O2S/c1-25-13-15(9-10-23)19-12-16(5-8-21(19)25)24-28(26,27)17-6-7-18-14(11-17)3-2-4-20(18)22/h2-8,11-13,24H,9-10,23H2,1H3. The normalized spacial score (nSPS) is 12.0. The van der Waals surface area contributed by atoms with Crippen molar-refractivity contribution in [2.24, 2.45) is 12.8 Å². The van der Waals surface area contributed by atoms with E-state index in [1.807, 2.05) is 36.0 Å². The van der Waals surface area contributed by atoms with Crippen LogP contribution in [0.1, 0.15) is 5.56 Å². The maximum absolute atomic E-state index is 12.9. The van der Waals surface area contributed by atoms with Crippen LogP contribution in [0.2, 0.25) is 5.02 Å². The van der Waals surface area contributed by atoms with Crippen LogP contribution < -0.4 is 10.5 Å². The fourth-order valence-corrected chi connectivity index (χ4v) is 4.82. The van der Waals surface area contributed by atoms with Crippen molar-refractivity contribution < 1.29 is 8.42 Å². The van der Waals surface area contributed by atoms with Crippen molar-refractivity contribution in [3.05, 3.63) is 71.4 Å². The lowest BCUT2D eigenvalue weighted by atomic mass is 10.1. The molecule has 1 heterocycles. The van der Waals surface area contributed by atoms with Gasteiger partial charge in [-0.05, 0) is 60.3 Å². The summed E-state index contributed by atoms with van der Waals surface area (Å²) >= 11 is 6.18. The van der Waals surface area contributed by atoms with Gasteiger partial charge in [0.1, 0.15) is 0 Å². The molecule has 0 saturated heterocycles. The Labute approximate surface area is 168 Å². The third kappa shape index (κ3) is 3.35. The molecule has 1 aromatic heterocycles. The lowest BCUT2D eigenvalue weighted by molar-refractivity contribution is 0.601. The van der Waals surface area contributed by atoms with Gasteiger partial charge in [0.25, 0.3) is 10.0 Å². The minimum Gasteiger partial charge on any atom is -0.350 e. The van der Waals surface area contributed by atoms with Gasteiger partial charge >= 0.3 is 0 Å². The van der Waals surface area contributed by atoms with E-state index in [0.29, 0.717) is 17.3 Å². The van der Waals surface area contributed by atoms with E-state index in [-0.39, 0.29) is 4.90 Å². The van der Waals surface area contributed by atoms with Gasteiger partial charge in [0, 0.05) is 40.2 Å². The van der Waals surface area contributed by atoms with Crippen molar-refractivity contribution in [1.29, 1.82) is 0 Å². The zero-order chi connectivity index (χ0) is 19.9. The van der Waals surface area contributed by atoms with Crippen LogP contribution in [0, 0.1) is 0 Å². The van der Waals surface area contributed by atoms with E-state index in [0.717, 1.165) is 33.7 Å². The summed E-state index contributed by atoms with van der Waals surface area (Å²) in [6, 6.07) is 15.9. The molecular formula is C21H20ClN3O2S. The second-order valence-electron chi connectivity index (χ2n) is 6.76. The number of hydrogen-bond donors (Lipinski definition) is 2. The monoisotopic (exact) mass is 413 g/mol. The number of anilines is 1. The van der Waals surface area contributed by atoms with Crippen LogP contribution in [0.25, 0.3) is 21.7 Å². The van der Waals surface area contributed by atoms with Gasteiger partial charge in [0.15, 0.2) is 0 Å². The first-order chi connectivity index (χ1) is 13.4. The Bertz CT molecular complexity index is 1300. The van der Waals surface area contributed by atoms with Crippen molar-refractivity contribution in [3.63, 3.8) is 0 Å². The van der Waals surface area contributed by atoms with Crippen LogP contribution in [-0.2, 0) is 23.5 Å². The SMILES string of the molecule is Cn1cc(CCN)c2cc(NS(=O)(=O)c3ccc4c(Cl)cccc4c3)ccc21. The molecule has 144 valence electrons. The average Bonchev–Trinajstić information content (AvgIpc) is 2.97. The van der Waals surface area contributed by atoms with Crippen LogP contribution in [0.5, 0.6) is 0 Å². The second-order valence-corrected chi connectivity index (χ2v) is 8.85. The maximum atomic E-state index is 12.9. The molecule has 7 heteroatoms. The van der Waals surface area contributed by atoms with Crippen LogP contribution >= 0.6 is 11.6 Å². The Morgan fingerprint density at radius 3 is 2.68 bits per heavy atom. The molecule has 4 aromatic rings. The molecule has 0 aliphatic rings. The Morgan fingerprint density at radius 1 is 1.07 bits per heavy atom. The van der Waals surface area contributed by atoms with E-state index in [9.17, 15) is 8.42 Å². The summed E-state index contributed by atoms with van der Waals surface area (Å²) in [6.07, 6.45) is 2.77. The molecule has 0 radical (unpaired) electrons. The third-order valence-corrected chi connectivity index (χ3v) is 6.56. The largest absolute Gasteiger partial charge is 0.350 e. The van der Waals surface area contributed by atoms with Gasteiger partial charge in [-0.1, -0.05) is 29.8 Å². The summed E-state index contributed by atoms with van der Waals surface area (Å²) in [4.78, 5) is 0.192. The van der Waals surface area contributed by atoms with Gasteiger partial charge in [0.2, 0.25) is 0 Å². The average molecular weight is 414 g/mol. The molecule has 0 unspecified atom stereocenters. The summed E-state index contributed by atoms with van der Waals surface area (Å²) < 4.78 is 30.5. The Hall–Kier alpha value is -2.54. The van der Waals surface area contributed by atoms with E-state index >= 15 is 0 Å². The number of nitrogens with two attached hydrogens (primary N) is 1. The molecule has 3 aromatic carbocycles. The zero-order valence-corrected chi connectivity index (χ0v) is 16.9. The molecule has 0 spiro atoms. The zero-order valence-electron chi connectivity index (χ0n) is 15.3. The highest BCUT2D eigenvalue weighted by Crippen LogP contribution is 2.28. The number of fused-ring (bicyclic) bond motifs is 2. The van der Waals surface area contributed by atoms with Gasteiger partial charge in [-0.2, -0.15) is 0 Å². The van der Waals surface area contributed by atoms with Crippen LogP contribution in [0.15, 0.2) is 65.7 Å². The van der Waals surface area contributed by atoms with Crippen molar-refractivity contribution in [2.75, 3.05) is 11.3 Å². The molecule has 0 fully saturated rings. The molecule has 0 saturated carbocycles. The molecule has 28 heavy (non-hydrogen) atoms. The highest BCUT2D eigenvalue weighted by molar-refractivity contribution is 7.92. The predicted octanol–water partition coefficient (Wildman–Crippen LogP) is 4.29. The molecule has 0 atom stereocenters. The summed E-state index contributed by atoms with van der Waals surface area (Å²) in [5.74, 6) is 0. The minimum atomic E-state index is -3.73. The van der Waals surface area contributed by atoms with Crippen LogP contribution in [0.4, 0.5) is 5.69 Å². The molecule has 3 N–H and O–H groups in total. The number of hydrogen-bond acceptors (Lipinski definition) is 3. The number of nitrogens with one attached hydrogen (secondary N) is 1. The number of nitrogens with zero attached hydrogens (tertiary/aromatic N) is 1. The van der Waals surface area contributed by atoms with Crippen molar-refractivity contribution >= 4 is 49.0 Å². The molecule has 0 aliphatic heterocycles. The number of aryl methyl sites for hydroxylation is 1. The van der Waals surface area contributed by atoms with Crippen LogP contribution in [0.3, 0.4) is 0 Å². The van der Waals surface area contributed by atoms with E-state index in [1.54, 1.807) is 36.4 Å². The first-order valence-corrected chi connectivity index (χ1v) is 10.7. The predicted molar refractivity (Wildman–Crippen MR) is 115 cm³/mol. The Balaban J connectivity index is 1.72. The highest BCUT2D eigenvalue weighted by Gasteiger charge is 2.16. The van der Waals surface area contributed by atoms with Gasteiger partial charge < -0.3 is 10.3 Å². The second kappa shape index (κ2) is 7.13. The molecule has 4 rings (SSSR count). The first-order valence-electron chi connectivity index (χ1n) is 8.88. The first kappa shape index (κ1) is 18.8. The van der Waals surface area contributed by atoms with Crippen molar-refractivity contribution in [1.82, 2.24) is 4.57 Å². The molecule has 0 aliphatic carbocycles. The molecule has 0 bridgehead atoms. The Morgan fingerprint density at radius 2 is 1.89 bits per heavy atom. The quantitative estimate of drug-likeness (QED) is 0.512. The van der Waals surface area contributed by atoms with Crippen LogP contribution in [-0.4, -0.2) is 19.5 Å². The lowest BCUT2D eigenvalue weighted by Crippen LogP contribution is -2.12. The molecular weight excluding hydrogens is 394 g/mol. The topological polar surface area (TPSA) is 77.1 Å². The number of halogens is 1. The molecule has 5 nitrogen and oxygen atoms in total. The lowest BCUT2D eigenvalue weighted by Gasteiger charge is -2.10. The van der Waals surface area contributed by atoms with Gasteiger partial charge in [-0.25, -0.2) is 8.42 Å². The number of rotatable bonds is 5. The third-order valence-electron chi connectivity index (χ3n) is 4.85. The van der Waals surface area contributed by atoms with Crippen molar-refractivity contribution in [2.45, 2.75) is 11.3 Å². The fourth-order valence-electron chi connectivity index (χ4n) is 3.50. The maximum Gasteiger partial charge on any atom is 0.261 e. The van der Waals surface area contributed by atoms with E-state index in [4.69, 9.17) is 17.3 Å². The summed E-state index contributed by atoms with van der Waals surface area (Å²) in [5.41, 5.74) is 8.35. The summed E-state index contributed by atoms with van der Waals surface area (Å²) in [6.45, 7) is 0.536.